The average molecular weight is 421 g/mol. The van der Waals surface area contributed by atoms with Crippen LogP contribution in [0.1, 0.15) is 41.4 Å². The van der Waals surface area contributed by atoms with Crippen LogP contribution in [-0.4, -0.2) is 49.4 Å². The SMILES string of the molecule is CCn1cc(NC(=O)C2CCN(C(=O)c3cnn(Cc4ccccc4)c3C)CC2)cn1. The van der Waals surface area contributed by atoms with Crippen molar-refractivity contribution in [2.75, 3.05) is 18.4 Å². The van der Waals surface area contributed by atoms with Crippen molar-refractivity contribution < 1.29 is 9.59 Å². The summed E-state index contributed by atoms with van der Waals surface area (Å²) in [6.45, 7) is 6.45. The number of aryl methyl sites for hydroxylation is 1. The Labute approximate surface area is 181 Å². The smallest absolute Gasteiger partial charge is 0.257 e. The fourth-order valence-electron chi connectivity index (χ4n) is 3.93. The molecule has 1 saturated heterocycles. The van der Waals surface area contributed by atoms with Crippen molar-refractivity contribution in [3.05, 3.63) is 65.7 Å². The Bertz CT molecular complexity index is 1050. The van der Waals surface area contributed by atoms with Gasteiger partial charge in [-0.1, -0.05) is 30.3 Å². The minimum absolute atomic E-state index is 0.00499. The van der Waals surface area contributed by atoms with Gasteiger partial charge in [0.25, 0.3) is 5.91 Å². The van der Waals surface area contributed by atoms with Crippen LogP contribution in [0.2, 0.25) is 0 Å². The normalized spacial score (nSPS) is 14.6. The zero-order valence-electron chi connectivity index (χ0n) is 18.0. The summed E-state index contributed by atoms with van der Waals surface area (Å²) in [5.41, 5.74) is 3.35. The maximum atomic E-state index is 13.1. The van der Waals surface area contributed by atoms with Crippen molar-refractivity contribution in [2.24, 2.45) is 5.92 Å². The summed E-state index contributed by atoms with van der Waals surface area (Å²) in [5, 5.41) is 11.5. The van der Waals surface area contributed by atoms with Gasteiger partial charge in [0.2, 0.25) is 5.91 Å². The summed E-state index contributed by atoms with van der Waals surface area (Å²) < 4.78 is 3.64. The number of piperidine rings is 1. The zero-order valence-corrected chi connectivity index (χ0v) is 18.0. The van der Waals surface area contributed by atoms with E-state index in [1.54, 1.807) is 17.1 Å². The molecule has 0 aliphatic carbocycles. The number of carbonyl (C=O) groups is 2. The number of rotatable bonds is 6. The maximum Gasteiger partial charge on any atom is 0.257 e. The van der Waals surface area contributed by atoms with E-state index in [0.717, 1.165) is 17.8 Å². The lowest BCUT2D eigenvalue weighted by molar-refractivity contribution is -0.121. The molecule has 8 heteroatoms. The van der Waals surface area contributed by atoms with Gasteiger partial charge in [-0.25, -0.2) is 0 Å². The molecule has 0 radical (unpaired) electrons. The molecule has 3 heterocycles. The van der Waals surface area contributed by atoms with Gasteiger partial charge in [-0.05, 0) is 32.3 Å². The van der Waals surface area contributed by atoms with Gasteiger partial charge in [0.15, 0.2) is 0 Å². The van der Waals surface area contributed by atoms with E-state index in [0.29, 0.717) is 43.7 Å². The number of anilines is 1. The van der Waals surface area contributed by atoms with Crippen LogP contribution in [0.5, 0.6) is 0 Å². The highest BCUT2D eigenvalue weighted by Gasteiger charge is 2.29. The molecule has 162 valence electrons. The topological polar surface area (TPSA) is 85.0 Å². The predicted octanol–water partition coefficient (Wildman–Crippen LogP) is 2.95. The summed E-state index contributed by atoms with van der Waals surface area (Å²) in [5.74, 6) is -0.120. The van der Waals surface area contributed by atoms with Crippen LogP contribution in [0.3, 0.4) is 0 Å². The van der Waals surface area contributed by atoms with Gasteiger partial charge in [0.1, 0.15) is 0 Å². The second-order valence-corrected chi connectivity index (χ2v) is 7.93. The molecule has 0 bridgehead atoms. The number of likely N-dealkylation sites (tertiary alicyclic amines) is 1. The van der Waals surface area contributed by atoms with E-state index in [1.807, 2.05) is 60.0 Å². The van der Waals surface area contributed by atoms with E-state index >= 15 is 0 Å². The van der Waals surface area contributed by atoms with Crippen molar-refractivity contribution in [3.63, 3.8) is 0 Å². The Morgan fingerprint density at radius 1 is 1.10 bits per heavy atom. The molecule has 4 rings (SSSR count). The van der Waals surface area contributed by atoms with Gasteiger partial charge < -0.3 is 10.2 Å². The lowest BCUT2D eigenvalue weighted by Crippen LogP contribution is -2.41. The molecule has 3 aromatic rings. The predicted molar refractivity (Wildman–Crippen MR) is 118 cm³/mol. The average Bonchev–Trinajstić information content (AvgIpc) is 3.40. The van der Waals surface area contributed by atoms with E-state index in [-0.39, 0.29) is 17.7 Å². The second kappa shape index (κ2) is 9.16. The van der Waals surface area contributed by atoms with E-state index < -0.39 is 0 Å². The summed E-state index contributed by atoms with van der Waals surface area (Å²) >= 11 is 0. The first-order chi connectivity index (χ1) is 15.0. The fraction of sp³-hybridized carbons (Fsp3) is 0.391. The Hall–Kier alpha value is -3.42. The van der Waals surface area contributed by atoms with Gasteiger partial charge in [-0.2, -0.15) is 10.2 Å². The molecule has 0 unspecified atom stereocenters. The standard InChI is InChI=1S/C23H28N6O2/c1-3-28-16-20(13-24-28)26-22(30)19-9-11-27(12-10-19)23(31)21-14-25-29(17(21)2)15-18-7-5-4-6-8-18/h4-8,13-14,16,19H,3,9-12,15H2,1-2H3,(H,26,30). The third kappa shape index (κ3) is 4.68. The highest BCUT2D eigenvalue weighted by Crippen LogP contribution is 2.22. The number of hydrogen-bond acceptors (Lipinski definition) is 4. The van der Waals surface area contributed by atoms with E-state index in [9.17, 15) is 9.59 Å². The first-order valence-electron chi connectivity index (χ1n) is 10.7. The lowest BCUT2D eigenvalue weighted by atomic mass is 9.95. The fourth-order valence-corrected chi connectivity index (χ4v) is 3.93. The van der Waals surface area contributed by atoms with E-state index in [1.165, 1.54) is 0 Å². The number of nitrogens with zero attached hydrogens (tertiary/aromatic N) is 5. The molecule has 0 spiro atoms. The number of amides is 2. The molecule has 1 fully saturated rings. The summed E-state index contributed by atoms with van der Waals surface area (Å²) in [6.07, 6.45) is 6.44. The first-order valence-corrected chi connectivity index (χ1v) is 10.7. The van der Waals surface area contributed by atoms with Crippen molar-refractivity contribution in [3.8, 4) is 0 Å². The van der Waals surface area contributed by atoms with Crippen LogP contribution in [0.15, 0.2) is 48.9 Å². The zero-order chi connectivity index (χ0) is 21.8. The highest BCUT2D eigenvalue weighted by molar-refractivity contribution is 5.96. The number of benzene rings is 1. The molecule has 1 aliphatic rings. The Morgan fingerprint density at radius 2 is 1.84 bits per heavy atom. The van der Waals surface area contributed by atoms with Crippen LogP contribution in [0.25, 0.3) is 0 Å². The molecule has 0 atom stereocenters. The first kappa shape index (κ1) is 20.8. The van der Waals surface area contributed by atoms with Crippen LogP contribution >= 0.6 is 0 Å². The van der Waals surface area contributed by atoms with Crippen LogP contribution in [0.4, 0.5) is 5.69 Å². The minimum Gasteiger partial charge on any atom is -0.338 e. The molecule has 2 aromatic heterocycles. The second-order valence-electron chi connectivity index (χ2n) is 7.93. The molecule has 0 saturated carbocycles. The summed E-state index contributed by atoms with van der Waals surface area (Å²) in [4.78, 5) is 27.5. The maximum absolute atomic E-state index is 13.1. The molecule has 31 heavy (non-hydrogen) atoms. The van der Waals surface area contributed by atoms with Gasteiger partial charge in [0.05, 0.1) is 30.2 Å². The van der Waals surface area contributed by atoms with Crippen molar-refractivity contribution >= 4 is 17.5 Å². The van der Waals surface area contributed by atoms with Crippen molar-refractivity contribution in [2.45, 2.75) is 39.8 Å². The van der Waals surface area contributed by atoms with Gasteiger partial charge >= 0.3 is 0 Å². The van der Waals surface area contributed by atoms with E-state index in [4.69, 9.17) is 0 Å². The van der Waals surface area contributed by atoms with E-state index in [2.05, 4.69) is 15.5 Å². The van der Waals surface area contributed by atoms with Crippen molar-refractivity contribution in [1.82, 2.24) is 24.5 Å². The van der Waals surface area contributed by atoms with Gasteiger partial charge in [0, 0.05) is 37.4 Å². The molecule has 2 amide bonds. The highest BCUT2D eigenvalue weighted by atomic mass is 16.2. The number of aromatic nitrogens is 4. The molecule has 1 aromatic carbocycles. The number of nitrogens with one attached hydrogen (secondary N) is 1. The third-order valence-electron chi connectivity index (χ3n) is 5.89. The van der Waals surface area contributed by atoms with Crippen LogP contribution in [-0.2, 0) is 17.9 Å². The molecule has 1 aliphatic heterocycles. The summed E-state index contributed by atoms with van der Waals surface area (Å²) in [7, 11) is 0. The van der Waals surface area contributed by atoms with Crippen molar-refractivity contribution in [1.29, 1.82) is 0 Å². The van der Waals surface area contributed by atoms with Crippen LogP contribution in [0, 0.1) is 12.8 Å². The van der Waals surface area contributed by atoms with Crippen LogP contribution < -0.4 is 5.32 Å². The Balaban J connectivity index is 1.33. The van der Waals surface area contributed by atoms with Gasteiger partial charge in [-0.3, -0.25) is 19.0 Å². The largest absolute Gasteiger partial charge is 0.338 e. The van der Waals surface area contributed by atoms with Gasteiger partial charge in [-0.15, -0.1) is 0 Å². The Kier molecular flexibility index (Phi) is 6.16. The molecule has 8 nitrogen and oxygen atoms in total. The minimum atomic E-state index is -0.101. The molecule has 1 N–H and O–H groups in total. The molecular formula is C23H28N6O2. The molecular weight excluding hydrogens is 392 g/mol. The number of carbonyl (C=O) groups excluding carboxylic acids is 2. The summed E-state index contributed by atoms with van der Waals surface area (Å²) in [6, 6.07) is 10.1. The monoisotopic (exact) mass is 420 g/mol. The lowest BCUT2D eigenvalue weighted by Gasteiger charge is -2.31. The third-order valence-corrected chi connectivity index (χ3v) is 5.89. The quantitative estimate of drug-likeness (QED) is 0.664. The number of hydrogen-bond donors (Lipinski definition) is 1. The Morgan fingerprint density at radius 3 is 2.52 bits per heavy atom.